The molecule has 0 radical (unpaired) electrons. The van der Waals surface area contributed by atoms with Crippen molar-refractivity contribution in [2.75, 3.05) is 19.9 Å². The van der Waals surface area contributed by atoms with E-state index in [1.165, 1.54) is 0 Å². The Labute approximate surface area is 180 Å². The molecule has 0 aromatic heterocycles. The van der Waals surface area contributed by atoms with Crippen molar-refractivity contribution in [3.05, 3.63) is 48.0 Å². The first kappa shape index (κ1) is 24.3. The van der Waals surface area contributed by atoms with Crippen LogP contribution in [0.3, 0.4) is 0 Å². The molecule has 0 spiro atoms. The summed E-state index contributed by atoms with van der Waals surface area (Å²) in [6.45, 7) is 0.380. The average Bonchev–Trinajstić information content (AvgIpc) is 2.70. The van der Waals surface area contributed by atoms with E-state index >= 15 is 0 Å². The molecule has 2 rings (SSSR count). The van der Waals surface area contributed by atoms with Gasteiger partial charge in [-0.05, 0) is 16.3 Å². The van der Waals surface area contributed by atoms with Crippen molar-refractivity contribution in [3.63, 3.8) is 0 Å². The lowest BCUT2D eigenvalue weighted by Gasteiger charge is -2.21. The molecular weight excluding hydrogens is 426 g/mol. The maximum atomic E-state index is 12.5. The van der Waals surface area contributed by atoms with Crippen molar-refractivity contribution in [2.45, 2.75) is 25.0 Å². The van der Waals surface area contributed by atoms with Gasteiger partial charge in [0.25, 0.3) is 0 Å². The number of ether oxygens (including phenoxy) is 1. The number of hydrogen-bond acceptors (Lipinski definition) is 7. The third-order valence-corrected chi connectivity index (χ3v) is 5.11. The number of carbonyl (C=O) groups excluding carboxylic acids is 2. The van der Waals surface area contributed by atoms with E-state index in [0.29, 0.717) is 6.54 Å². The van der Waals surface area contributed by atoms with Gasteiger partial charge in [0.15, 0.2) is 0 Å². The molecule has 1 amide bonds. The zero-order chi connectivity index (χ0) is 23.0. The molecule has 0 saturated carbocycles. The van der Waals surface area contributed by atoms with Crippen LogP contribution in [-0.2, 0) is 35.7 Å². The number of sulfonamides is 1. The van der Waals surface area contributed by atoms with E-state index in [4.69, 9.17) is 9.84 Å². The fourth-order valence-corrected chi connectivity index (χ4v) is 3.73. The fourth-order valence-electron chi connectivity index (χ4n) is 3.03. The van der Waals surface area contributed by atoms with Crippen LogP contribution in [0.25, 0.3) is 10.8 Å². The highest BCUT2D eigenvalue weighted by Crippen LogP contribution is 2.18. The number of esters is 1. The Morgan fingerprint density at radius 1 is 1.06 bits per heavy atom. The highest BCUT2D eigenvalue weighted by molar-refractivity contribution is 7.88. The highest BCUT2D eigenvalue weighted by Gasteiger charge is 2.29. The molecule has 0 aliphatic heterocycles. The zero-order valence-electron chi connectivity index (χ0n) is 17.1. The lowest BCUT2D eigenvalue weighted by atomic mass is 10.0. The molecular formula is C20H25N3O7S. The topological polar surface area (TPSA) is 151 Å². The summed E-state index contributed by atoms with van der Waals surface area (Å²) in [5, 5.41) is 16.5. The molecule has 2 aromatic carbocycles. The summed E-state index contributed by atoms with van der Waals surface area (Å²) in [6.07, 6.45) is 0.0227. The number of methoxy groups -OCH3 is 1. The predicted octanol–water partition coefficient (Wildman–Crippen LogP) is -0.0203. The Bertz CT molecular complexity index is 1050. The second-order valence-corrected chi connectivity index (χ2v) is 8.67. The SMILES string of the molecule is COC(=O)[C@H](CNCc1cccc2ccccc12)NC(=O)[C@H](CC(=O)O)NS(C)(=O)=O. The molecule has 2 aromatic rings. The van der Waals surface area contributed by atoms with Crippen molar-refractivity contribution in [3.8, 4) is 0 Å². The Morgan fingerprint density at radius 2 is 1.74 bits per heavy atom. The van der Waals surface area contributed by atoms with E-state index in [-0.39, 0.29) is 6.54 Å². The van der Waals surface area contributed by atoms with E-state index in [0.717, 1.165) is 29.7 Å². The number of carbonyl (C=O) groups is 3. The minimum atomic E-state index is -3.86. The van der Waals surface area contributed by atoms with Crippen molar-refractivity contribution in [1.29, 1.82) is 0 Å². The summed E-state index contributed by atoms with van der Waals surface area (Å²) < 4.78 is 29.6. The van der Waals surface area contributed by atoms with Gasteiger partial charge in [-0.15, -0.1) is 0 Å². The van der Waals surface area contributed by atoms with Crippen LogP contribution in [0, 0.1) is 0 Å². The van der Waals surface area contributed by atoms with Crippen LogP contribution in [0.2, 0.25) is 0 Å². The lowest BCUT2D eigenvalue weighted by molar-refractivity contribution is -0.145. The number of amides is 1. The second kappa shape index (κ2) is 10.8. The molecule has 0 aliphatic carbocycles. The standard InChI is InChI=1S/C20H25N3O7S/c1-30-20(27)17(22-19(26)16(10-18(24)25)23-31(2,28)29)12-21-11-14-8-5-7-13-6-3-4-9-15(13)14/h3-9,16-17,21,23H,10-12H2,1-2H3,(H,22,26)(H,24,25)/t16-,17-/m0/s1. The summed E-state index contributed by atoms with van der Waals surface area (Å²) in [5.41, 5.74) is 0.982. The van der Waals surface area contributed by atoms with Crippen molar-refractivity contribution in [1.82, 2.24) is 15.4 Å². The molecule has 10 nitrogen and oxygen atoms in total. The summed E-state index contributed by atoms with van der Waals surface area (Å²) in [5.74, 6) is -3.08. The van der Waals surface area contributed by atoms with E-state index < -0.39 is 46.4 Å². The molecule has 0 bridgehead atoms. The minimum absolute atomic E-state index is 0.0136. The molecule has 0 heterocycles. The quantitative estimate of drug-likeness (QED) is 0.348. The van der Waals surface area contributed by atoms with Crippen molar-refractivity contribution in [2.24, 2.45) is 0 Å². The van der Waals surface area contributed by atoms with Gasteiger partial charge in [-0.2, -0.15) is 0 Å². The monoisotopic (exact) mass is 451 g/mol. The number of carboxylic acids is 1. The number of fused-ring (bicyclic) bond motifs is 1. The Hall–Kier alpha value is -3.02. The van der Waals surface area contributed by atoms with Gasteiger partial charge < -0.3 is 20.5 Å². The first-order chi connectivity index (χ1) is 14.6. The van der Waals surface area contributed by atoms with Crippen LogP contribution in [0.5, 0.6) is 0 Å². The van der Waals surface area contributed by atoms with Crippen LogP contribution in [-0.4, -0.2) is 63.4 Å². The maximum absolute atomic E-state index is 12.5. The molecule has 0 saturated heterocycles. The van der Waals surface area contributed by atoms with Gasteiger partial charge >= 0.3 is 11.9 Å². The van der Waals surface area contributed by atoms with E-state index in [1.54, 1.807) is 0 Å². The number of hydrogen-bond donors (Lipinski definition) is 4. The molecule has 11 heteroatoms. The fraction of sp³-hybridized carbons (Fsp3) is 0.350. The average molecular weight is 452 g/mol. The normalized spacial score (nSPS) is 13.4. The van der Waals surface area contributed by atoms with Gasteiger partial charge in [0.1, 0.15) is 12.1 Å². The van der Waals surface area contributed by atoms with Crippen LogP contribution in [0.1, 0.15) is 12.0 Å². The van der Waals surface area contributed by atoms with Gasteiger partial charge in [0.05, 0.1) is 19.8 Å². The summed E-state index contributed by atoms with van der Waals surface area (Å²) in [7, 11) is -2.71. The van der Waals surface area contributed by atoms with Gasteiger partial charge in [-0.3, -0.25) is 9.59 Å². The van der Waals surface area contributed by atoms with Crippen LogP contribution < -0.4 is 15.4 Å². The molecule has 31 heavy (non-hydrogen) atoms. The molecule has 4 N–H and O–H groups in total. The third-order valence-electron chi connectivity index (χ3n) is 4.40. The molecule has 0 aliphatic rings. The number of nitrogens with one attached hydrogen (secondary N) is 3. The van der Waals surface area contributed by atoms with E-state index in [1.807, 2.05) is 47.2 Å². The maximum Gasteiger partial charge on any atom is 0.329 e. The number of rotatable bonds is 11. The van der Waals surface area contributed by atoms with Crippen LogP contribution in [0.4, 0.5) is 0 Å². The lowest BCUT2D eigenvalue weighted by Crippen LogP contribution is -2.54. The van der Waals surface area contributed by atoms with Crippen LogP contribution in [0.15, 0.2) is 42.5 Å². The molecule has 168 valence electrons. The third kappa shape index (κ3) is 7.63. The summed E-state index contributed by atoms with van der Waals surface area (Å²) in [4.78, 5) is 35.6. The number of benzene rings is 2. The van der Waals surface area contributed by atoms with Gasteiger partial charge in [-0.25, -0.2) is 17.9 Å². The largest absolute Gasteiger partial charge is 0.481 e. The summed E-state index contributed by atoms with van der Waals surface area (Å²) in [6, 6.07) is 10.9. The molecule has 0 unspecified atom stereocenters. The minimum Gasteiger partial charge on any atom is -0.481 e. The zero-order valence-corrected chi connectivity index (χ0v) is 17.9. The second-order valence-electron chi connectivity index (χ2n) is 6.89. The highest BCUT2D eigenvalue weighted by atomic mass is 32.2. The Balaban J connectivity index is 2.07. The van der Waals surface area contributed by atoms with Crippen molar-refractivity contribution < 1.29 is 32.6 Å². The number of aliphatic carboxylic acids is 1. The first-order valence-corrected chi connectivity index (χ1v) is 11.2. The summed E-state index contributed by atoms with van der Waals surface area (Å²) >= 11 is 0. The van der Waals surface area contributed by atoms with E-state index in [2.05, 4.69) is 10.6 Å². The predicted molar refractivity (Wildman–Crippen MR) is 114 cm³/mol. The van der Waals surface area contributed by atoms with Crippen molar-refractivity contribution >= 4 is 38.6 Å². The number of carboxylic acid groups (broad SMARTS) is 1. The van der Waals surface area contributed by atoms with Gasteiger partial charge in [0.2, 0.25) is 15.9 Å². The van der Waals surface area contributed by atoms with Gasteiger partial charge in [0, 0.05) is 13.1 Å². The first-order valence-electron chi connectivity index (χ1n) is 9.35. The van der Waals surface area contributed by atoms with E-state index in [9.17, 15) is 22.8 Å². The Morgan fingerprint density at radius 3 is 2.39 bits per heavy atom. The molecule has 0 fully saturated rings. The van der Waals surface area contributed by atoms with Gasteiger partial charge in [-0.1, -0.05) is 42.5 Å². The Kier molecular flexibility index (Phi) is 8.48. The smallest absolute Gasteiger partial charge is 0.329 e. The van der Waals surface area contributed by atoms with Crippen LogP contribution >= 0.6 is 0 Å². The molecule has 2 atom stereocenters.